The number of hydrogen-bond donors (Lipinski definition) is 2. The summed E-state index contributed by atoms with van der Waals surface area (Å²) < 4.78 is 17.8. The van der Waals surface area contributed by atoms with E-state index < -0.39 is 29.5 Å². The molecule has 2 heterocycles. The highest BCUT2D eigenvalue weighted by Gasteiger charge is 2.39. The molecule has 0 saturated heterocycles. The molecule has 0 saturated carbocycles. The molecule has 0 fully saturated rings. The van der Waals surface area contributed by atoms with Crippen LogP contribution in [0.2, 0.25) is 0 Å². The molecule has 0 spiro atoms. The van der Waals surface area contributed by atoms with Gasteiger partial charge in [0.25, 0.3) is 5.91 Å². The van der Waals surface area contributed by atoms with E-state index in [-0.39, 0.29) is 34.9 Å². The summed E-state index contributed by atoms with van der Waals surface area (Å²) in [4.78, 5) is 53.7. The molecule has 0 bridgehead atoms. The number of amides is 3. The van der Waals surface area contributed by atoms with Crippen LogP contribution in [0.4, 0.5) is 20.6 Å². The van der Waals surface area contributed by atoms with E-state index in [0.717, 1.165) is 16.7 Å². The number of urea groups is 1. The predicted octanol–water partition coefficient (Wildman–Crippen LogP) is 9.63. The topological polar surface area (TPSA) is 109 Å². The highest BCUT2D eigenvalue weighted by atomic mass is 19.1. The number of benzodiazepines with no additional fused rings is 1. The first kappa shape index (κ1) is 39.2. The molecule has 302 valence electrons. The molecule has 1 aliphatic heterocycles. The number of aromatic nitrogens is 2. The highest BCUT2D eigenvalue weighted by molar-refractivity contribution is 6.20. The Balaban J connectivity index is 1.11. The third kappa shape index (κ3) is 7.45. The van der Waals surface area contributed by atoms with Crippen molar-refractivity contribution in [3.8, 4) is 0 Å². The predicted molar refractivity (Wildman–Crippen MR) is 239 cm³/mol. The lowest BCUT2D eigenvalue weighted by molar-refractivity contribution is -0.120. The third-order valence-corrected chi connectivity index (χ3v) is 11.0. The lowest BCUT2D eigenvalue weighted by Crippen LogP contribution is -2.48. The molecule has 7 aromatic carbocycles. The molecule has 0 radical (unpaired) electrons. The second kappa shape index (κ2) is 17.2. The lowest BCUT2D eigenvalue weighted by Gasteiger charge is -2.37. The first-order valence-electron chi connectivity index (χ1n) is 20.1. The van der Waals surface area contributed by atoms with Gasteiger partial charge in [-0.25, -0.2) is 19.2 Å². The molecule has 1 aromatic heterocycles. The van der Waals surface area contributed by atoms with Crippen LogP contribution < -0.4 is 15.5 Å². The van der Waals surface area contributed by atoms with Gasteiger partial charge in [0.05, 0.1) is 35.7 Å². The van der Waals surface area contributed by atoms with E-state index in [4.69, 9.17) is 9.98 Å². The zero-order chi connectivity index (χ0) is 42.5. The number of nitrogens with zero attached hydrogens (tertiary/aromatic N) is 4. The number of rotatable bonds is 11. The maximum absolute atomic E-state index is 15.7. The summed E-state index contributed by atoms with van der Waals surface area (Å²) in [6.07, 6.45) is 2.19. The number of fused-ring (bicyclic) bond motifs is 1. The van der Waals surface area contributed by atoms with Crippen molar-refractivity contribution >= 4 is 34.8 Å². The van der Waals surface area contributed by atoms with Crippen molar-refractivity contribution in [1.29, 1.82) is 0 Å². The molecule has 1 atom stereocenters. The molecular formula is C52H39FN6O3. The van der Waals surface area contributed by atoms with Crippen molar-refractivity contribution in [2.24, 2.45) is 4.99 Å². The first-order valence-corrected chi connectivity index (χ1v) is 20.1. The van der Waals surface area contributed by atoms with E-state index in [2.05, 4.69) is 51.6 Å². The van der Waals surface area contributed by atoms with E-state index in [1.807, 2.05) is 66.9 Å². The number of carbonyl (C=O) groups is 3. The SMILES string of the molecule is O=C(Nc1ccccc1C(=O)c1ccccc1)N[C@@H]1N=C(c2ccccc2F)c2ccccc2N(Cc2cn(C(c3ccccc3)(c3ccccc3)c3ccccc3)cn2)C1=O. The minimum absolute atomic E-state index is 0.0222. The van der Waals surface area contributed by atoms with Crippen LogP contribution in [-0.4, -0.2) is 39.2 Å². The molecule has 2 N–H and O–H groups in total. The van der Waals surface area contributed by atoms with Gasteiger partial charge in [-0.15, -0.1) is 0 Å². The second-order valence-electron chi connectivity index (χ2n) is 14.7. The van der Waals surface area contributed by atoms with Crippen LogP contribution in [0.3, 0.4) is 0 Å². The Morgan fingerprint density at radius 3 is 1.79 bits per heavy atom. The monoisotopic (exact) mass is 814 g/mol. The van der Waals surface area contributed by atoms with Gasteiger partial charge in [0.1, 0.15) is 11.4 Å². The van der Waals surface area contributed by atoms with Crippen molar-refractivity contribution in [3.05, 3.63) is 257 Å². The van der Waals surface area contributed by atoms with E-state index in [1.54, 1.807) is 97.3 Å². The molecule has 62 heavy (non-hydrogen) atoms. The number of ketones is 1. The fourth-order valence-corrected chi connectivity index (χ4v) is 8.15. The molecule has 0 aliphatic carbocycles. The minimum Gasteiger partial charge on any atom is -0.319 e. The Morgan fingerprint density at radius 2 is 1.16 bits per heavy atom. The Kier molecular flexibility index (Phi) is 10.9. The van der Waals surface area contributed by atoms with Gasteiger partial charge >= 0.3 is 6.03 Å². The summed E-state index contributed by atoms with van der Waals surface area (Å²) in [6.45, 7) is -0.0222. The number of halogens is 1. The molecule has 3 amide bonds. The molecular weight excluding hydrogens is 776 g/mol. The molecule has 10 heteroatoms. The van der Waals surface area contributed by atoms with Crippen molar-refractivity contribution in [3.63, 3.8) is 0 Å². The lowest BCUT2D eigenvalue weighted by atomic mass is 9.77. The quantitative estimate of drug-likeness (QED) is 0.100. The summed E-state index contributed by atoms with van der Waals surface area (Å²) in [7, 11) is 0. The fourth-order valence-electron chi connectivity index (χ4n) is 8.15. The van der Waals surface area contributed by atoms with Gasteiger partial charge in [-0.1, -0.05) is 164 Å². The summed E-state index contributed by atoms with van der Waals surface area (Å²) in [5, 5.41) is 5.51. The van der Waals surface area contributed by atoms with Gasteiger partial charge < -0.3 is 20.1 Å². The number of carbonyl (C=O) groups excluding carboxylic acids is 3. The van der Waals surface area contributed by atoms with Crippen LogP contribution in [0.1, 0.15) is 49.4 Å². The Labute approximate surface area is 357 Å². The zero-order valence-electron chi connectivity index (χ0n) is 33.3. The van der Waals surface area contributed by atoms with Crippen LogP contribution in [0.5, 0.6) is 0 Å². The van der Waals surface area contributed by atoms with Crippen LogP contribution in [-0.2, 0) is 16.9 Å². The summed E-state index contributed by atoms with van der Waals surface area (Å²) in [5.41, 5.74) is 4.94. The molecule has 0 unspecified atom stereocenters. The molecule has 1 aliphatic rings. The summed E-state index contributed by atoms with van der Waals surface area (Å²) >= 11 is 0. The van der Waals surface area contributed by atoms with Gasteiger partial charge in [0, 0.05) is 28.5 Å². The number of imidazole rings is 1. The fraction of sp³-hybridized carbons (Fsp3) is 0.0577. The van der Waals surface area contributed by atoms with Crippen LogP contribution in [0.25, 0.3) is 0 Å². The van der Waals surface area contributed by atoms with E-state index in [9.17, 15) is 14.4 Å². The second-order valence-corrected chi connectivity index (χ2v) is 14.7. The van der Waals surface area contributed by atoms with Gasteiger partial charge in [-0.3, -0.25) is 9.59 Å². The maximum Gasteiger partial charge on any atom is 0.321 e. The number of anilines is 2. The van der Waals surface area contributed by atoms with E-state index >= 15 is 4.39 Å². The van der Waals surface area contributed by atoms with Gasteiger partial charge in [-0.2, -0.15) is 0 Å². The van der Waals surface area contributed by atoms with Crippen molar-refractivity contribution in [1.82, 2.24) is 14.9 Å². The van der Waals surface area contributed by atoms with Crippen molar-refractivity contribution in [2.45, 2.75) is 18.2 Å². The van der Waals surface area contributed by atoms with Crippen LogP contribution in [0, 0.1) is 5.82 Å². The molecule has 9 rings (SSSR count). The number of para-hydroxylation sites is 2. The van der Waals surface area contributed by atoms with Crippen LogP contribution >= 0.6 is 0 Å². The van der Waals surface area contributed by atoms with Gasteiger partial charge in [0.15, 0.2) is 5.78 Å². The normalized spacial score (nSPS) is 13.7. The number of aliphatic imine (C=N–C) groups is 1. The maximum atomic E-state index is 15.7. The summed E-state index contributed by atoms with van der Waals surface area (Å²) in [6, 6.07) is 58.5. The van der Waals surface area contributed by atoms with Crippen LogP contribution in [0.15, 0.2) is 212 Å². The third-order valence-electron chi connectivity index (χ3n) is 11.0. The zero-order valence-corrected chi connectivity index (χ0v) is 33.3. The van der Waals surface area contributed by atoms with E-state index in [0.29, 0.717) is 22.5 Å². The Hall–Kier alpha value is -8.24. The number of hydrogen-bond acceptors (Lipinski definition) is 5. The largest absolute Gasteiger partial charge is 0.321 e. The average Bonchev–Trinajstić information content (AvgIpc) is 3.76. The minimum atomic E-state index is -1.52. The smallest absolute Gasteiger partial charge is 0.319 e. The summed E-state index contributed by atoms with van der Waals surface area (Å²) in [5.74, 6) is -1.41. The van der Waals surface area contributed by atoms with Crippen molar-refractivity contribution < 1.29 is 18.8 Å². The van der Waals surface area contributed by atoms with Crippen molar-refractivity contribution in [2.75, 3.05) is 10.2 Å². The first-order chi connectivity index (χ1) is 30.4. The Morgan fingerprint density at radius 1 is 0.629 bits per heavy atom. The molecule has 9 nitrogen and oxygen atoms in total. The Bertz CT molecular complexity index is 2820. The average molecular weight is 815 g/mol. The standard InChI is InChI=1S/C52H39FN6O3/c53-44-30-16-13-27-41(44)47-43-29-15-18-32-46(43)59(50(61)49(56-47)57-51(62)55-45-31-17-14-28-42(45)48(60)36-19-5-1-6-20-36)34-40-33-58(35-54-40)52(37-21-7-2-8-22-37,38-23-9-3-10-24-38)39-25-11-4-12-26-39/h1-33,35,49H,34H2,(H2,55,57,62)/t49-/m0/s1. The van der Waals surface area contributed by atoms with Gasteiger partial charge in [0.2, 0.25) is 6.17 Å². The number of nitrogens with one attached hydrogen (secondary N) is 2. The number of benzene rings is 7. The highest BCUT2D eigenvalue weighted by Crippen LogP contribution is 2.41. The van der Waals surface area contributed by atoms with E-state index in [1.165, 1.54) is 11.0 Å². The van der Waals surface area contributed by atoms with Gasteiger partial charge in [-0.05, 0) is 47.0 Å². The molecule has 8 aromatic rings.